The molecule has 2 unspecified atom stereocenters. The fraction of sp³-hybridized carbons (Fsp3) is 1.00. The molecule has 3 heteroatoms. The molecule has 19 heavy (non-hydrogen) atoms. The number of unbranched alkanes of at least 4 members (excludes halogenated alkanes) is 1. The fourth-order valence-electron chi connectivity index (χ4n) is 3.52. The Labute approximate surface area is 119 Å². The van der Waals surface area contributed by atoms with Crippen molar-refractivity contribution in [1.29, 1.82) is 0 Å². The third kappa shape index (κ3) is 3.93. The molecule has 0 aromatic carbocycles. The van der Waals surface area contributed by atoms with E-state index in [1.54, 1.807) is 7.11 Å². The van der Waals surface area contributed by atoms with Crippen molar-refractivity contribution in [2.75, 3.05) is 33.4 Å². The van der Waals surface area contributed by atoms with Gasteiger partial charge in [0, 0.05) is 38.4 Å². The van der Waals surface area contributed by atoms with Crippen LogP contribution in [0.5, 0.6) is 0 Å². The second kappa shape index (κ2) is 6.55. The molecule has 0 spiro atoms. The van der Waals surface area contributed by atoms with Gasteiger partial charge in [-0.05, 0) is 51.0 Å². The van der Waals surface area contributed by atoms with Crippen molar-refractivity contribution >= 4 is 0 Å². The highest BCUT2D eigenvalue weighted by Gasteiger charge is 2.46. The summed E-state index contributed by atoms with van der Waals surface area (Å²) in [7, 11) is 1.80. The molecule has 0 bridgehead atoms. The van der Waals surface area contributed by atoms with Crippen LogP contribution in [-0.2, 0) is 4.74 Å². The third-order valence-electron chi connectivity index (χ3n) is 5.01. The van der Waals surface area contributed by atoms with Gasteiger partial charge in [0.25, 0.3) is 0 Å². The number of hydrogen-bond donors (Lipinski definition) is 1. The monoisotopic (exact) mass is 268 g/mol. The van der Waals surface area contributed by atoms with Gasteiger partial charge in [-0.15, -0.1) is 0 Å². The average Bonchev–Trinajstić information content (AvgIpc) is 3.19. The Hall–Kier alpha value is -0.120. The van der Waals surface area contributed by atoms with E-state index >= 15 is 0 Å². The van der Waals surface area contributed by atoms with Crippen molar-refractivity contribution < 1.29 is 4.74 Å². The third-order valence-corrected chi connectivity index (χ3v) is 5.01. The van der Waals surface area contributed by atoms with Gasteiger partial charge in [-0.1, -0.05) is 13.8 Å². The Morgan fingerprint density at radius 3 is 2.63 bits per heavy atom. The van der Waals surface area contributed by atoms with Gasteiger partial charge in [-0.2, -0.15) is 0 Å². The average molecular weight is 268 g/mol. The molecule has 112 valence electrons. The van der Waals surface area contributed by atoms with Gasteiger partial charge in [-0.25, -0.2) is 0 Å². The summed E-state index contributed by atoms with van der Waals surface area (Å²) in [5.74, 6) is 1.65. The van der Waals surface area contributed by atoms with E-state index in [9.17, 15) is 0 Å². The van der Waals surface area contributed by atoms with Crippen LogP contribution in [0, 0.1) is 11.8 Å². The molecule has 0 amide bonds. The van der Waals surface area contributed by atoms with E-state index in [2.05, 4.69) is 31.0 Å². The Bertz CT molecular complexity index is 278. The number of methoxy groups -OCH3 is 1. The van der Waals surface area contributed by atoms with E-state index in [1.165, 1.54) is 38.8 Å². The lowest BCUT2D eigenvalue weighted by molar-refractivity contribution is 0.0494. The Balaban J connectivity index is 1.88. The first kappa shape index (κ1) is 15.3. The second-order valence-corrected chi connectivity index (χ2v) is 7.05. The van der Waals surface area contributed by atoms with Gasteiger partial charge >= 0.3 is 0 Å². The van der Waals surface area contributed by atoms with Gasteiger partial charge in [0.1, 0.15) is 0 Å². The van der Waals surface area contributed by atoms with E-state index in [0.717, 1.165) is 25.0 Å². The van der Waals surface area contributed by atoms with Crippen LogP contribution in [0.4, 0.5) is 0 Å². The normalized spacial score (nSPS) is 33.0. The molecule has 2 aliphatic rings. The maximum absolute atomic E-state index is 5.16. The van der Waals surface area contributed by atoms with E-state index < -0.39 is 0 Å². The SMILES string of the molecule is COCCCCN1CC(C)(C2CC2)NCC1C(C)C. The first-order chi connectivity index (χ1) is 9.07. The van der Waals surface area contributed by atoms with E-state index in [1.807, 2.05) is 0 Å². The number of rotatable bonds is 7. The van der Waals surface area contributed by atoms with E-state index in [4.69, 9.17) is 4.74 Å². The molecule has 2 atom stereocenters. The Kier molecular flexibility index (Phi) is 5.27. The van der Waals surface area contributed by atoms with Crippen molar-refractivity contribution in [1.82, 2.24) is 10.2 Å². The van der Waals surface area contributed by atoms with Crippen molar-refractivity contribution in [2.45, 2.75) is 58.0 Å². The van der Waals surface area contributed by atoms with Crippen molar-refractivity contribution in [2.24, 2.45) is 11.8 Å². The van der Waals surface area contributed by atoms with Gasteiger partial charge in [0.05, 0.1) is 0 Å². The molecule has 2 fully saturated rings. The van der Waals surface area contributed by atoms with Crippen molar-refractivity contribution in [3.8, 4) is 0 Å². The summed E-state index contributed by atoms with van der Waals surface area (Å²) in [6.07, 6.45) is 5.30. The summed E-state index contributed by atoms with van der Waals surface area (Å²) in [5.41, 5.74) is 0.368. The highest BCUT2D eigenvalue weighted by atomic mass is 16.5. The number of nitrogens with one attached hydrogen (secondary N) is 1. The molecule has 0 aromatic rings. The zero-order valence-corrected chi connectivity index (χ0v) is 13.2. The van der Waals surface area contributed by atoms with Gasteiger partial charge in [0.2, 0.25) is 0 Å². The van der Waals surface area contributed by atoms with Crippen LogP contribution in [-0.4, -0.2) is 49.8 Å². The topological polar surface area (TPSA) is 24.5 Å². The number of ether oxygens (including phenoxy) is 1. The van der Waals surface area contributed by atoms with Crippen LogP contribution in [0.1, 0.15) is 46.5 Å². The minimum absolute atomic E-state index is 0.368. The zero-order chi connectivity index (χ0) is 13.9. The van der Waals surface area contributed by atoms with Gasteiger partial charge in [-0.3, -0.25) is 4.90 Å². The smallest absolute Gasteiger partial charge is 0.0462 e. The summed E-state index contributed by atoms with van der Waals surface area (Å²) < 4.78 is 5.16. The maximum Gasteiger partial charge on any atom is 0.0462 e. The summed E-state index contributed by atoms with van der Waals surface area (Å²) in [5, 5.41) is 3.85. The van der Waals surface area contributed by atoms with Crippen LogP contribution >= 0.6 is 0 Å². The minimum Gasteiger partial charge on any atom is -0.385 e. The second-order valence-electron chi connectivity index (χ2n) is 7.05. The van der Waals surface area contributed by atoms with Crippen LogP contribution in [0.2, 0.25) is 0 Å². The molecule has 0 radical (unpaired) electrons. The van der Waals surface area contributed by atoms with Crippen LogP contribution in [0.3, 0.4) is 0 Å². The molecule has 0 aromatic heterocycles. The van der Waals surface area contributed by atoms with Crippen LogP contribution in [0.25, 0.3) is 0 Å². The summed E-state index contributed by atoms with van der Waals surface area (Å²) in [6, 6.07) is 0.703. The minimum atomic E-state index is 0.368. The lowest BCUT2D eigenvalue weighted by Gasteiger charge is -2.48. The molecule has 1 heterocycles. The van der Waals surface area contributed by atoms with Crippen molar-refractivity contribution in [3.63, 3.8) is 0 Å². The first-order valence-corrected chi connectivity index (χ1v) is 8.05. The maximum atomic E-state index is 5.16. The molecule has 1 aliphatic carbocycles. The fourth-order valence-corrected chi connectivity index (χ4v) is 3.52. The molecular formula is C16H32N2O. The first-order valence-electron chi connectivity index (χ1n) is 8.05. The molecule has 1 saturated heterocycles. The summed E-state index contributed by atoms with van der Waals surface area (Å²) >= 11 is 0. The number of hydrogen-bond acceptors (Lipinski definition) is 3. The summed E-state index contributed by atoms with van der Waals surface area (Å²) in [4.78, 5) is 2.75. The quantitative estimate of drug-likeness (QED) is 0.718. The standard InChI is InChI=1S/C16H32N2O/c1-13(2)15-11-17-16(3,14-7-8-14)12-18(15)9-5-6-10-19-4/h13-15,17H,5-12H2,1-4H3. The number of piperazine rings is 1. The zero-order valence-electron chi connectivity index (χ0n) is 13.2. The van der Waals surface area contributed by atoms with E-state index in [-0.39, 0.29) is 0 Å². The lowest BCUT2D eigenvalue weighted by Crippen LogP contribution is -2.65. The van der Waals surface area contributed by atoms with Gasteiger partial charge < -0.3 is 10.1 Å². The van der Waals surface area contributed by atoms with Crippen LogP contribution in [0.15, 0.2) is 0 Å². The molecular weight excluding hydrogens is 236 g/mol. The van der Waals surface area contributed by atoms with Gasteiger partial charge in [0.15, 0.2) is 0 Å². The summed E-state index contributed by atoms with van der Waals surface area (Å²) in [6.45, 7) is 11.7. The predicted octanol–water partition coefficient (Wildman–Crippen LogP) is 2.51. The molecule has 2 rings (SSSR count). The molecule has 1 N–H and O–H groups in total. The van der Waals surface area contributed by atoms with E-state index in [0.29, 0.717) is 11.6 Å². The molecule has 3 nitrogen and oxygen atoms in total. The largest absolute Gasteiger partial charge is 0.385 e. The highest BCUT2D eigenvalue weighted by Crippen LogP contribution is 2.41. The predicted molar refractivity (Wildman–Crippen MR) is 80.4 cm³/mol. The van der Waals surface area contributed by atoms with Crippen LogP contribution < -0.4 is 5.32 Å². The Morgan fingerprint density at radius 2 is 2.05 bits per heavy atom. The molecule has 1 aliphatic heterocycles. The Morgan fingerprint density at radius 1 is 1.32 bits per heavy atom. The highest BCUT2D eigenvalue weighted by molar-refractivity contribution is 5.04. The lowest BCUT2D eigenvalue weighted by atomic mass is 9.88. The molecule has 1 saturated carbocycles. The van der Waals surface area contributed by atoms with Crippen molar-refractivity contribution in [3.05, 3.63) is 0 Å². The number of nitrogens with zero attached hydrogens (tertiary/aromatic N) is 1.